The summed E-state index contributed by atoms with van der Waals surface area (Å²) in [5.74, 6) is -0.479. The van der Waals surface area contributed by atoms with Crippen LogP contribution in [0.3, 0.4) is 0 Å². The number of ether oxygens (including phenoxy) is 2. The molecule has 0 unspecified atom stereocenters. The molecule has 0 radical (unpaired) electrons. The van der Waals surface area contributed by atoms with Crippen molar-refractivity contribution < 1.29 is 19.1 Å². The summed E-state index contributed by atoms with van der Waals surface area (Å²) >= 11 is 0. The van der Waals surface area contributed by atoms with E-state index in [1.807, 2.05) is 72.5 Å². The Morgan fingerprint density at radius 2 is 1.66 bits per heavy atom. The molecule has 2 saturated heterocycles. The molecule has 152 valence electrons. The molecule has 4 rings (SSSR count). The van der Waals surface area contributed by atoms with Gasteiger partial charge in [-0.2, -0.15) is 0 Å². The van der Waals surface area contributed by atoms with Crippen LogP contribution >= 0.6 is 0 Å². The molecular formula is C23H26N2O4. The molecule has 29 heavy (non-hydrogen) atoms. The van der Waals surface area contributed by atoms with Gasteiger partial charge in [0.25, 0.3) is 11.8 Å². The lowest BCUT2D eigenvalue weighted by Crippen LogP contribution is -2.56. The van der Waals surface area contributed by atoms with Crippen LogP contribution < -0.4 is 5.32 Å². The summed E-state index contributed by atoms with van der Waals surface area (Å²) < 4.78 is 11.9. The molecule has 0 aromatic heterocycles. The number of nitrogens with one attached hydrogen (secondary N) is 1. The van der Waals surface area contributed by atoms with Crippen molar-refractivity contribution in [2.45, 2.75) is 50.8 Å². The average molecular weight is 394 g/mol. The first-order valence-electron chi connectivity index (χ1n) is 10.1. The molecule has 2 aromatic carbocycles. The fraction of sp³-hybridized carbons (Fsp3) is 0.391. The molecule has 4 atom stereocenters. The van der Waals surface area contributed by atoms with Crippen molar-refractivity contribution in [1.29, 1.82) is 0 Å². The molecule has 0 spiro atoms. The highest BCUT2D eigenvalue weighted by atomic mass is 16.7. The molecule has 0 saturated carbocycles. The van der Waals surface area contributed by atoms with Crippen molar-refractivity contribution in [2.24, 2.45) is 0 Å². The standard InChI is InChI=1S/C23H26N2O4/c1-2-13-24-21(26)19-20-22(27)25(15-17-11-7-4-8-12-17)18(23(28-19)29-20)14-16-9-5-3-6-10-16/h3-12,18-20,23H,2,13-15H2,1H3,(H,24,26)/t18-,19+,20-,23-/m0/s1. The van der Waals surface area contributed by atoms with Crippen LogP contribution in [0.25, 0.3) is 0 Å². The molecular weight excluding hydrogens is 368 g/mol. The van der Waals surface area contributed by atoms with E-state index in [0.29, 0.717) is 19.5 Å². The van der Waals surface area contributed by atoms with Crippen LogP contribution in [-0.4, -0.2) is 47.8 Å². The Balaban J connectivity index is 1.60. The Morgan fingerprint density at radius 1 is 1.00 bits per heavy atom. The Hall–Kier alpha value is -2.70. The number of rotatable bonds is 7. The summed E-state index contributed by atoms with van der Waals surface area (Å²) in [6, 6.07) is 19.5. The van der Waals surface area contributed by atoms with Gasteiger partial charge >= 0.3 is 0 Å². The molecule has 2 bridgehead atoms. The second-order valence-electron chi connectivity index (χ2n) is 7.48. The van der Waals surface area contributed by atoms with E-state index in [9.17, 15) is 9.59 Å². The van der Waals surface area contributed by atoms with E-state index in [4.69, 9.17) is 9.47 Å². The zero-order chi connectivity index (χ0) is 20.2. The second-order valence-corrected chi connectivity index (χ2v) is 7.48. The van der Waals surface area contributed by atoms with Gasteiger partial charge in [0.1, 0.15) is 0 Å². The summed E-state index contributed by atoms with van der Waals surface area (Å²) in [5.41, 5.74) is 2.13. The third kappa shape index (κ3) is 4.18. The highest BCUT2D eigenvalue weighted by molar-refractivity contribution is 5.92. The van der Waals surface area contributed by atoms with Crippen LogP contribution in [-0.2, 0) is 32.0 Å². The van der Waals surface area contributed by atoms with Gasteiger partial charge in [-0.15, -0.1) is 0 Å². The van der Waals surface area contributed by atoms with Gasteiger partial charge in [0.05, 0.1) is 6.04 Å². The Morgan fingerprint density at radius 3 is 2.31 bits per heavy atom. The fourth-order valence-corrected chi connectivity index (χ4v) is 3.89. The first-order valence-corrected chi connectivity index (χ1v) is 10.1. The van der Waals surface area contributed by atoms with Crippen LogP contribution in [0.4, 0.5) is 0 Å². The lowest BCUT2D eigenvalue weighted by Gasteiger charge is -2.38. The molecule has 1 N–H and O–H groups in total. The first kappa shape index (κ1) is 19.6. The molecule has 0 aliphatic carbocycles. The molecule has 6 heteroatoms. The van der Waals surface area contributed by atoms with Crippen molar-refractivity contribution in [3.63, 3.8) is 0 Å². The fourth-order valence-electron chi connectivity index (χ4n) is 3.89. The number of nitrogens with zero attached hydrogens (tertiary/aromatic N) is 1. The zero-order valence-corrected chi connectivity index (χ0v) is 16.5. The maximum Gasteiger partial charge on any atom is 0.255 e. The van der Waals surface area contributed by atoms with E-state index < -0.39 is 18.5 Å². The summed E-state index contributed by atoms with van der Waals surface area (Å²) in [6.45, 7) is 2.99. The predicted octanol–water partition coefficient (Wildman–Crippen LogP) is 2.28. The number of benzene rings is 2. The lowest BCUT2D eigenvalue weighted by molar-refractivity contribution is -0.177. The minimum Gasteiger partial charge on any atom is -0.354 e. The molecule has 2 aliphatic rings. The maximum absolute atomic E-state index is 13.3. The van der Waals surface area contributed by atoms with Gasteiger partial charge in [-0.25, -0.2) is 0 Å². The van der Waals surface area contributed by atoms with Crippen molar-refractivity contribution >= 4 is 11.8 Å². The number of amides is 2. The number of fused-ring (bicyclic) bond motifs is 2. The molecule has 2 amide bonds. The molecule has 2 aliphatic heterocycles. The highest BCUT2D eigenvalue weighted by Gasteiger charge is 2.55. The second kappa shape index (κ2) is 8.76. The summed E-state index contributed by atoms with van der Waals surface area (Å²) in [4.78, 5) is 27.7. The van der Waals surface area contributed by atoms with E-state index in [0.717, 1.165) is 17.5 Å². The van der Waals surface area contributed by atoms with Crippen LogP contribution in [0.5, 0.6) is 0 Å². The number of hydrogen-bond donors (Lipinski definition) is 1. The molecule has 2 fully saturated rings. The van der Waals surface area contributed by atoms with Gasteiger partial charge in [0.2, 0.25) is 0 Å². The third-order valence-corrected chi connectivity index (χ3v) is 5.37. The normalized spacial score (nSPS) is 25.8. The average Bonchev–Trinajstić information content (AvgIpc) is 3.16. The number of carbonyl (C=O) groups is 2. The van der Waals surface area contributed by atoms with Crippen molar-refractivity contribution in [1.82, 2.24) is 10.2 Å². The zero-order valence-electron chi connectivity index (χ0n) is 16.5. The van der Waals surface area contributed by atoms with Gasteiger partial charge in [-0.1, -0.05) is 67.6 Å². The van der Waals surface area contributed by atoms with Gasteiger partial charge in [0, 0.05) is 13.1 Å². The minimum atomic E-state index is -0.905. The largest absolute Gasteiger partial charge is 0.354 e. The van der Waals surface area contributed by atoms with Crippen LogP contribution in [0, 0.1) is 0 Å². The number of hydrogen-bond acceptors (Lipinski definition) is 4. The van der Waals surface area contributed by atoms with E-state index in [1.165, 1.54) is 0 Å². The van der Waals surface area contributed by atoms with Crippen molar-refractivity contribution in [3.8, 4) is 0 Å². The van der Waals surface area contributed by atoms with Crippen molar-refractivity contribution in [3.05, 3.63) is 71.8 Å². The van der Waals surface area contributed by atoms with Crippen LogP contribution in [0.1, 0.15) is 24.5 Å². The SMILES string of the molecule is CCCNC(=O)[C@@H]1O[C@H]2O[C@@H]1C(=O)N(Cc1ccccc1)[C@H]2Cc1ccccc1. The van der Waals surface area contributed by atoms with E-state index in [1.54, 1.807) is 0 Å². The lowest BCUT2D eigenvalue weighted by atomic mass is 10.0. The molecule has 6 nitrogen and oxygen atoms in total. The van der Waals surface area contributed by atoms with E-state index in [-0.39, 0.29) is 17.9 Å². The Labute approximate surface area is 170 Å². The summed E-state index contributed by atoms with van der Waals surface area (Å²) in [7, 11) is 0. The Bertz CT molecular complexity index is 842. The van der Waals surface area contributed by atoms with E-state index >= 15 is 0 Å². The van der Waals surface area contributed by atoms with Crippen LogP contribution in [0.2, 0.25) is 0 Å². The maximum atomic E-state index is 13.3. The van der Waals surface area contributed by atoms with Crippen molar-refractivity contribution in [2.75, 3.05) is 6.54 Å². The van der Waals surface area contributed by atoms with Gasteiger partial charge in [-0.3, -0.25) is 9.59 Å². The van der Waals surface area contributed by atoms with E-state index in [2.05, 4.69) is 5.32 Å². The van der Waals surface area contributed by atoms with Crippen LogP contribution in [0.15, 0.2) is 60.7 Å². The predicted molar refractivity (Wildman–Crippen MR) is 108 cm³/mol. The van der Waals surface area contributed by atoms with Gasteiger partial charge < -0.3 is 19.7 Å². The monoisotopic (exact) mass is 394 g/mol. The number of morpholine rings is 1. The summed E-state index contributed by atoms with van der Waals surface area (Å²) in [6.07, 6.45) is -1.01. The molecule has 2 aromatic rings. The quantitative estimate of drug-likeness (QED) is 0.782. The number of carbonyl (C=O) groups excluding carboxylic acids is 2. The minimum absolute atomic E-state index is 0.194. The third-order valence-electron chi connectivity index (χ3n) is 5.37. The summed E-state index contributed by atoms with van der Waals surface area (Å²) in [5, 5.41) is 2.82. The topological polar surface area (TPSA) is 67.9 Å². The highest BCUT2D eigenvalue weighted by Crippen LogP contribution is 2.34. The molecule has 2 heterocycles. The van der Waals surface area contributed by atoms with Gasteiger partial charge in [0.15, 0.2) is 18.5 Å². The first-order chi connectivity index (χ1) is 14.2. The Kier molecular flexibility index (Phi) is 5.92. The van der Waals surface area contributed by atoms with Gasteiger partial charge in [-0.05, 0) is 24.0 Å². The smallest absolute Gasteiger partial charge is 0.255 e.